The van der Waals surface area contributed by atoms with E-state index in [1.807, 2.05) is 23.6 Å². The van der Waals surface area contributed by atoms with Crippen LogP contribution in [0.4, 0.5) is 10.2 Å². The third-order valence-corrected chi connectivity index (χ3v) is 5.01. The Hall–Kier alpha value is -3.46. The fourth-order valence-electron chi connectivity index (χ4n) is 2.73. The molecule has 9 heteroatoms. The summed E-state index contributed by atoms with van der Waals surface area (Å²) in [6, 6.07) is 11.3. The Labute approximate surface area is 164 Å². The second-order valence-electron chi connectivity index (χ2n) is 5.82. The molecule has 0 unspecified atom stereocenters. The van der Waals surface area contributed by atoms with E-state index in [0.717, 1.165) is 5.56 Å². The number of nitrogen functional groups attached to an aromatic ring is 1. The molecule has 7 nitrogen and oxygen atoms in total. The van der Waals surface area contributed by atoms with Gasteiger partial charge in [0, 0.05) is 10.9 Å². The summed E-state index contributed by atoms with van der Waals surface area (Å²) < 4.78 is 25.3. The summed E-state index contributed by atoms with van der Waals surface area (Å²) in [5, 5.41) is 10.7. The molecule has 2 N–H and O–H groups in total. The highest BCUT2D eigenvalue weighted by molar-refractivity contribution is 7.13. The maximum absolute atomic E-state index is 13.1. The quantitative estimate of drug-likeness (QED) is 0.551. The predicted molar refractivity (Wildman–Crippen MR) is 105 cm³/mol. The van der Waals surface area contributed by atoms with Crippen molar-refractivity contribution in [2.75, 3.05) is 20.0 Å². The minimum Gasteiger partial charge on any atom is -0.497 e. The Morgan fingerprint density at radius 1 is 1.07 bits per heavy atom. The Kier molecular flexibility index (Phi) is 4.66. The van der Waals surface area contributed by atoms with Crippen LogP contribution >= 0.6 is 11.3 Å². The SMILES string of the molecule is COc1ccc(OC)c(-c2csc(-c3nnn(-c4ccc(F)cc4)c3N)n2)c1. The molecule has 0 atom stereocenters. The summed E-state index contributed by atoms with van der Waals surface area (Å²) in [5.41, 5.74) is 8.81. The van der Waals surface area contributed by atoms with Gasteiger partial charge in [-0.05, 0) is 42.5 Å². The van der Waals surface area contributed by atoms with Gasteiger partial charge in [0.25, 0.3) is 0 Å². The van der Waals surface area contributed by atoms with E-state index in [1.165, 1.54) is 28.2 Å². The third-order valence-electron chi connectivity index (χ3n) is 4.17. The summed E-state index contributed by atoms with van der Waals surface area (Å²) in [6.45, 7) is 0. The van der Waals surface area contributed by atoms with Crippen LogP contribution in [0.3, 0.4) is 0 Å². The summed E-state index contributed by atoms with van der Waals surface area (Å²) in [5.74, 6) is 1.37. The maximum atomic E-state index is 13.1. The largest absolute Gasteiger partial charge is 0.497 e. The molecular formula is C19H16FN5O2S. The molecule has 0 saturated heterocycles. The molecule has 0 saturated carbocycles. The zero-order chi connectivity index (χ0) is 19.7. The molecule has 0 fully saturated rings. The van der Waals surface area contributed by atoms with Crippen molar-refractivity contribution in [1.29, 1.82) is 0 Å². The van der Waals surface area contributed by atoms with Gasteiger partial charge in [-0.15, -0.1) is 16.4 Å². The molecule has 4 aromatic rings. The molecule has 2 aromatic carbocycles. The maximum Gasteiger partial charge on any atom is 0.165 e. The molecular weight excluding hydrogens is 381 g/mol. The second-order valence-corrected chi connectivity index (χ2v) is 6.67. The molecule has 142 valence electrons. The van der Waals surface area contributed by atoms with Gasteiger partial charge in [-0.2, -0.15) is 4.68 Å². The Morgan fingerprint density at radius 2 is 1.86 bits per heavy atom. The van der Waals surface area contributed by atoms with Crippen LogP contribution in [-0.4, -0.2) is 34.2 Å². The fourth-order valence-corrected chi connectivity index (χ4v) is 3.55. The first-order valence-corrected chi connectivity index (χ1v) is 9.14. The Balaban J connectivity index is 1.72. The van der Waals surface area contributed by atoms with Gasteiger partial charge in [0.15, 0.2) is 11.5 Å². The summed E-state index contributed by atoms with van der Waals surface area (Å²) in [7, 11) is 3.21. The van der Waals surface area contributed by atoms with E-state index in [1.54, 1.807) is 26.4 Å². The van der Waals surface area contributed by atoms with Crippen LogP contribution in [0, 0.1) is 5.82 Å². The number of thiazole rings is 1. The van der Waals surface area contributed by atoms with E-state index >= 15 is 0 Å². The third kappa shape index (κ3) is 3.16. The molecule has 0 amide bonds. The number of aromatic nitrogens is 4. The van der Waals surface area contributed by atoms with E-state index < -0.39 is 0 Å². The first-order chi connectivity index (χ1) is 13.6. The average Bonchev–Trinajstić information content (AvgIpc) is 3.35. The van der Waals surface area contributed by atoms with Crippen LogP contribution in [0.25, 0.3) is 27.6 Å². The van der Waals surface area contributed by atoms with Gasteiger partial charge in [0.2, 0.25) is 0 Å². The number of nitrogens with zero attached hydrogens (tertiary/aromatic N) is 4. The fraction of sp³-hybridized carbons (Fsp3) is 0.105. The molecule has 0 spiro atoms. The highest BCUT2D eigenvalue weighted by atomic mass is 32.1. The number of ether oxygens (including phenoxy) is 2. The van der Waals surface area contributed by atoms with E-state index in [4.69, 9.17) is 15.2 Å². The molecule has 0 aliphatic heterocycles. The van der Waals surface area contributed by atoms with Gasteiger partial charge in [-0.25, -0.2) is 9.37 Å². The van der Waals surface area contributed by atoms with Crippen LogP contribution in [0.5, 0.6) is 11.5 Å². The van der Waals surface area contributed by atoms with Gasteiger partial charge in [0.1, 0.15) is 22.3 Å². The van der Waals surface area contributed by atoms with Gasteiger partial charge >= 0.3 is 0 Å². The van der Waals surface area contributed by atoms with Crippen LogP contribution < -0.4 is 15.2 Å². The molecule has 0 bridgehead atoms. The first kappa shape index (κ1) is 17.9. The van der Waals surface area contributed by atoms with Crippen molar-refractivity contribution in [3.8, 4) is 39.1 Å². The Morgan fingerprint density at radius 3 is 2.57 bits per heavy atom. The van der Waals surface area contributed by atoms with E-state index in [0.29, 0.717) is 39.4 Å². The zero-order valence-corrected chi connectivity index (χ0v) is 15.9. The number of rotatable bonds is 5. The lowest BCUT2D eigenvalue weighted by molar-refractivity contribution is 0.404. The van der Waals surface area contributed by atoms with Crippen molar-refractivity contribution in [3.63, 3.8) is 0 Å². The van der Waals surface area contributed by atoms with Gasteiger partial charge in [-0.1, -0.05) is 5.21 Å². The van der Waals surface area contributed by atoms with Crippen molar-refractivity contribution in [1.82, 2.24) is 20.0 Å². The van der Waals surface area contributed by atoms with Crippen LogP contribution in [0.2, 0.25) is 0 Å². The van der Waals surface area contributed by atoms with Crippen molar-refractivity contribution in [2.45, 2.75) is 0 Å². The number of hydrogen-bond acceptors (Lipinski definition) is 7. The lowest BCUT2D eigenvalue weighted by Gasteiger charge is -2.08. The standard InChI is InChI=1S/C19H16FN5O2S/c1-26-13-7-8-16(27-2)14(9-13)15-10-28-19(22-15)17-18(21)25(24-23-17)12-5-3-11(20)4-6-12/h3-10H,21H2,1-2H3. The number of hydrogen-bond donors (Lipinski definition) is 1. The number of halogens is 1. The lowest BCUT2D eigenvalue weighted by Crippen LogP contribution is -2.02. The topological polar surface area (TPSA) is 88.1 Å². The monoisotopic (exact) mass is 397 g/mol. The lowest BCUT2D eigenvalue weighted by atomic mass is 10.1. The van der Waals surface area contributed by atoms with Gasteiger partial charge < -0.3 is 15.2 Å². The highest BCUT2D eigenvalue weighted by Gasteiger charge is 2.18. The van der Waals surface area contributed by atoms with Crippen molar-refractivity contribution in [2.24, 2.45) is 0 Å². The molecule has 0 aliphatic rings. The predicted octanol–water partition coefficient (Wildman–Crippen LogP) is 3.80. The average molecular weight is 397 g/mol. The van der Waals surface area contributed by atoms with E-state index in [9.17, 15) is 4.39 Å². The van der Waals surface area contributed by atoms with Crippen LogP contribution in [0.1, 0.15) is 0 Å². The van der Waals surface area contributed by atoms with Crippen molar-refractivity contribution < 1.29 is 13.9 Å². The molecule has 4 rings (SSSR count). The molecule has 28 heavy (non-hydrogen) atoms. The highest BCUT2D eigenvalue weighted by Crippen LogP contribution is 2.37. The van der Waals surface area contributed by atoms with Crippen LogP contribution in [0.15, 0.2) is 47.8 Å². The number of methoxy groups -OCH3 is 2. The van der Waals surface area contributed by atoms with Crippen molar-refractivity contribution >= 4 is 17.2 Å². The smallest absolute Gasteiger partial charge is 0.165 e. The van der Waals surface area contributed by atoms with Crippen LogP contribution in [-0.2, 0) is 0 Å². The zero-order valence-electron chi connectivity index (χ0n) is 15.1. The molecule has 2 heterocycles. The summed E-state index contributed by atoms with van der Waals surface area (Å²) in [4.78, 5) is 4.64. The van der Waals surface area contributed by atoms with E-state index in [2.05, 4.69) is 15.3 Å². The second kappa shape index (κ2) is 7.28. The number of nitrogens with two attached hydrogens (primary N) is 1. The minimum atomic E-state index is -0.334. The molecule has 0 aliphatic carbocycles. The molecule has 0 radical (unpaired) electrons. The number of anilines is 1. The van der Waals surface area contributed by atoms with Gasteiger partial charge in [0.05, 0.1) is 25.6 Å². The normalized spacial score (nSPS) is 10.8. The minimum absolute atomic E-state index is 0.324. The Bertz CT molecular complexity index is 1120. The van der Waals surface area contributed by atoms with Gasteiger partial charge in [-0.3, -0.25) is 0 Å². The first-order valence-electron chi connectivity index (χ1n) is 8.26. The molecule has 2 aromatic heterocycles. The summed E-state index contributed by atoms with van der Waals surface area (Å²) >= 11 is 1.39. The number of benzene rings is 2. The van der Waals surface area contributed by atoms with Crippen molar-refractivity contribution in [3.05, 3.63) is 53.7 Å². The summed E-state index contributed by atoms with van der Waals surface area (Å²) in [6.07, 6.45) is 0. The van der Waals surface area contributed by atoms with E-state index in [-0.39, 0.29) is 5.82 Å².